The lowest BCUT2D eigenvalue weighted by Gasteiger charge is -2.14. The Labute approximate surface area is 253 Å². The molecule has 2 aliphatic rings. The van der Waals surface area contributed by atoms with Crippen LogP contribution in [0.3, 0.4) is 0 Å². The van der Waals surface area contributed by atoms with Crippen LogP contribution < -0.4 is 9.47 Å². The van der Waals surface area contributed by atoms with Crippen molar-refractivity contribution in [2.75, 3.05) is 26.4 Å². The van der Waals surface area contributed by atoms with E-state index in [1.165, 1.54) is 0 Å². The zero-order chi connectivity index (χ0) is 30.5. The monoisotopic (exact) mass is 590 g/mol. The van der Waals surface area contributed by atoms with Crippen LogP contribution in [0.25, 0.3) is 45.9 Å². The number of hydrogen-bond donors (Lipinski definition) is 2. The number of H-pyrrole nitrogens is 2. The third kappa shape index (κ3) is 6.70. The number of carbonyl (C=O) groups excluding carboxylic acids is 2. The van der Waals surface area contributed by atoms with Crippen molar-refractivity contribution in [1.82, 2.24) is 19.9 Å². The molecule has 0 aliphatic carbocycles. The van der Waals surface area contributed by atoms with Crippen molar-refractivity contribution < 1.29 is 28.5 Å². The van der Waals surface area contributed by atoms with Gasteiger partial charge in [-0.05, 0) is 98.3 Å². The summed E-state index contributed by atoms with van der Waals surface area (Å²) in [6, 6.07) is 21.3. The molecule has 8 bridgehead atoms. The van der Waals surface area contributed by atoms with Crippen LogP contribution in [-0.4, -0.2) is 58.3 Å². The Hall–Kier alpha value is -5.64. The van der Waals surface area contributed by atoms with E-state index in [2.05, 4.69) is 9.97 Å². The highest BCUT2D eigenvalue weighted by Crippen LogP contribution is 2.36. The molecule has 0 saturated carbocycles. The summed E-state index contributed by atoms with van der Waals surface area (Å²) in [5.74, 6) is -0.476. The average molecular weight is 591 g/mol. The third-order valence-corrected chi connectivity index (χ3v) is 6.72. The quantitative estimate of drug-likeness (QED) is 0.198. The fourth-order valence-corrected chi connectivity index (χ4v) is 4.83. The molecule has 1 aromatic carbocycles. The van der Waals surface area contributed by atoms with Crippen molar-refractivity contribution in [2.24, 2.45) is 0 Å². The van der Waals surface area contributed by atoms with Gasteiger partial charge in [0.1, 0.15) is 0 Å². The number of esters is 2. The number of benzene rings is 1. The molecule has 0 unspecified atom stereocenters. The average Bonchev–Trinajstić information content (AvgIpc) is 3.81. The van der Waals surface area contributed by atoms with Gasteiger partial charge in [0.05, 0.1) is 36.0 Å². The largest absolute Gasteiger partial charge is 0.478 e. The number of fused-ring (bicyclic) bond motifs is 8. The van der Waals surface area contributed by atoms with E-state index in [-0.39, 0.29) is 37.9 Å². The molecule has 4 aromatic rings. The molecule has 10 heteroatoms. The highest BCUT2D eigenvalue weighted by Gasteiger charge is 2.18. The topological polar surface area (TPSA) is 128 Å². The molecule has 0 radical (unpaired) electrons. The first-order valence-corrected chi connectivity index (χ1v) is 14.3. The Kier molecular flexibility index (Phi) is 8.22. The molecule has 44 heavy (non-hydrogen) atoms. The van der Waals surface area contributed by atoms with E-state index in [0.717, 1.165) is 50.3 Å². The van der Waals surface area contributed by atoms with E-state index in [1.54, 1.807) is 26.0 Å². The molecule has 0 spiro atoms. The number of rotatable bonds is 9. The lowest BCUT2D eigenvalue weighted by Crippen LogP contribution is -2.17. The summed E-state index contributed by atoms with van der Waals surface area (Å²) in [7, 11) is 0. The molecule has 6 rings (SSSR count). The molecule has 0 atom stereocenters. The number of nitrogens with one attached hydrogen (secondary N) is 2. The van der Waals surface area contributed by atoms with Crippen LogP contribution in [0.4, 0.5) is 0 Å². The first-order valence-electron chi connectivity index (χ1n) is 14.3. The van der Waals surface area contributed by atoms with Crippen molar-refractivity contribution in [3.63, 3.8) is 0 Å². The Morgan fingerprint density at radius 3 is 1.84 bits per heavy atom. The second kappa shape index (κ2) is 12.7. The molecule has 0 amide bonds. The van der Waals surface area contributed by atoms with E-state index < -0.39 is 11.9 Å². The summed E-state index contributed by atoms with van der Waals surface area (Å²) in [5, 5.41) is 0. The number of hydrogen-bond acceptors (Lipinski definition) is 8. The zero-order valence-electron chi connectivity index (χ0n) is 24.3. The zero-order valence-corrected chi connectivity index (χ0v) is 24.3. The van der Waals surface area contributed by atoms with Gasteiger partial charge in [-0.2, -0.15) is 0 Å². The van der Waals surface area contributed by atoms with E-state index in [1.807, 2.05) is 72.8 Å². The molecule has 10 nitrogen and oxygen atoms in total. The summed E-state index contributed by atoms with van der Waals surface area (Å²) in [6.45, 7) is 3.28. The number of aromatic amines is 2. The molecule has 5 heterocycles. The highest BCUT2D eigenvalue weighted by molar-refractivity contribution is 5.94. The Balaban J connectivity index is 1.44. The smallest absolute Gasteiger partial charge is 0.344 e. The van der Waals surface area contributed by atoms with Gasteiger partial charge in [0, 0.05) is 27.6 Å². The standard InChI is InChI=1S/C34H30N4O6/c1-3-41-33(39)19-43-31-12-5-21(13-32(31)44-20-34(40)42-4-2)29-17-28-16-26-9-8-24(36-26)14-22-6-7-23(35-22)15-25-10-11-27(37-25)18-30(29)38-28/h5-18,35-36H,3-4,19-20H2,1-2H3. The van der Waals surface area contributed by atoms with Crippen LogP contribution in [0.5, 0.6) is 11.5 Å². The van der Waals surface area contributed by atoms with E-state index >= 15 is 0 Å². The SMILES string of the molecule is CCOC(=O)COc1ccc(C2=Cc3cc4ccc(cc5ccc(cc6nc(cc2n3)C=C6)[nH]5)[nH]4)cc1OCC(=O)OCC. The van der Waals surface area contributed by atoms with Crippen molar-refractivity contribution >= 4 is 57.8 Å². The van der Waals surface area contributed by atoms with Gasteiger partial charge in [0.2, 0.25) is 0 Å². The number of carbonyl (C=O) groups is 2. The van der Waals surface area contributed by atoms with E-state index in [4.69, 9.17) is 28.9 Å². The van der Waals surface area contributed by atoms with Gasteiger partial charge in [0.15, 0.2) is 24.7 Å². The number of nitrogens with zero attached hydrogens (tertiary/aromatic N) is 2. The minimum atomic E-state index is -0.521. The van der Waals surface area contributed by atoms with Crippen LogP contribution in [0.15, 0.2) is 66.7 Å². The van der Waals surface area contributed by atoms with Gasteiger partial charge in [0.25, 0.3) is 0 Å². The minimum Gasteiger partial charge on any atom is -0.478 e. The van der Waals surface area contributed by atoms with E-state index in [0.29, 0.717) is 5.69 Å². The molecule has 0 saturated heterocycles. The van der Waals surface area contributed by atoms with Crippen LogP contribution in [0.2, 0.25) is 0 Å². The Bertz CT molecular complexity index is 1950. The summed E-state index contributed by atoms with van der Waals surface area (Å²) in [4.78, 5) is 40.5. The molecule has 3 aromatic heterocycles. The van der Waals surface area contributed by atoms with Crippen molar-refractivity contribution in [2.45, 2.75) is 13.8 Å². The van der Waals surface area contributed by atoms with Gasteiger partial charge < -0.3 is 28.9 Å². The van der Waals surface area contributed by atoms with Gasteiger partial charge in [-0.3, -0.25) is 0 Å². The predicted octanol–water partition coefficient (Wildman–Crippen LogP) is 5.96. The maximum atomic E-state index is 12.1. The number of aromatic nitrogens is 4. The fourth-order valence-electron chi connectivity index (χ4n) is 4.83. The predicted molar refractivity (Wildman–Crippen MR) is 168 cm³/mol. The minimum absolute atomic E-state index is 0.230. The Morgan fingerprint density at radius 2 is 1.20 bits per heavy atom. The second-order valence-corrected chi connectivity index (χ2v) is 9.94. The van der Waals surface area contributed by atoms with Crippen molar-refractivity contribution in [1.29, 1.82) is 0 Å². The molecule has 2 N–H and O–H groups in total. The number of ether oxygens (including phenoxy) is 4. The van der Waals surface area contributed by atoms with Crippen LogP contribution >= 0.6 is 0 Å². The third-order valence-electron chi connectivity index (χ3n) is 6.72. The second-order valence-electron chi connectivity index (χ2n) is 9.94. The maximum absolute atomic E-state index is 12.1. The van der Waals surface area contributed by atoms with Crippen LogP contribution in [0.1, 0.15) is 42.2 Å². The van der Waals surface area contributed by atoms with Gasteiger partial charge >= 0.3 is 11.9 Å². The first kappa shape index (κ1) is 28.5. The van der Waals surface area contributed by atoms with Crippen molar-refractivity contribution in [3.8, 4) is 11.5 Å². The lowest BCUT2D eigenvalue weighted by atomic mass is 10.0. The van der Waals surface area contributed by atoms with Gasteiger partial charge in [-0.1, -0.05) is 6.07 Å². The molecular formula is C34H30N4O6. The Morgan fingerprint density at radius 1 is 0.636 bits per heavy atom. The lowest BCUT2D eigenvalue weighted by molar-refractivity contribution is -0.146. The molecule has 222 valence electrons. The van der Waals surface area contributed by atoms with Gasteiger partial charge in [-0.15, -0.1) is 0 Å². The summed E-state index contributed by atoms with van der Waals surface area (Å²) < 4.78 is 21.5. The van der Waals surface area contributed by atoms with Gasteiger partial charge in [-0.25, -0.2) is 19.6 Å². The fraction of sp³-hybridized carbons (Fsp3) is 0.176. The molecule has 2 aliphatic heterocycles. The normalized spacial score (nSPS) is 12.0. The first-order chi connectivity index (χ1) is 21.4. The maximum Gasteiger partial charge on any atom is 0.344 e. The molecular weight excluding hydrogens is 560 g/mol. The summed E-state index contributed by atoms with van der Waals surface area (Å²) in [6.07, 6.45) is 5.88. The molecule has 0 fully saturated rings. The van der Waals surface area contributed by atoms with Crippen molar-refractivity contribution in [3.05, 3.63) is 95.1 Å². The van der Waals surface area contributed by atoms with E-state index in [9.17, 15) is 9.59 Å². The summed E-state index contributed by atoms with van der Waals surface area (Å²) >= 11 is 0. The highest BCUT2D eigenvalue weighted by atomic mass is 16.6. The van der Waals surface area contributed by atoms with Crippen LogP contribution in [-0.2, 0) is 19.1 Å². The summed E-state index contributed by atoms with van der Waals surface area (Å²) in [5.41, 5.74) is 8.36. The van der Waals surface area contributed by atoms with Crippen LogP contribution in [0, 0.1) is 0 Å².